The largest absolute Gasteiger partial charge is 0.462 e. The Morgan fingerprint density at radius 2 is 0.444 bits per heavy atom. The predicted octanol–water partition coefficient (Wildman–Crippen LogP) is 11.0. The molecule has 0 aliphatic carbocycles. The molecule has 0 amide bonds. The SMILES string of the molecule is O=C(OOC(=O)C(F)(OCC(F)(OCC(F)(OC(F)(F)C(F)(F)C(F)(F)F)C(F)(F)F)C(F)(F)F)C(F)(F)F)C(F)(OCC(F)(OCC(F)(OC(F)(F)C(F)(F)C(F)(F)F)C(F)(F)F)C(F)(F)F)C(F)(F)F. The fourth-order valence-corrected chi connectivity index (χ4v) is 3.11. The first kappa shape index (κ1) is 68.0. The third kappa shape index (κ3) is 13.7. The van der Waals surface area contributed by atoms with Crippen molar-refractivity contribution in [3.05, 3.63) is 0 Å². The molecule has 0 bridgehead atoms. The van der Waals surface area contributed by atoms with Crippen molar-refractivity contribution in [3.63, 3.8) is 0 Å². The third-order valence-electron chi connectivity index (χ3n) is 7.05. The molecule has 10 nitrogen and oxygen atoms in total. The van der Waals surface area contributed by atoms with Gasteiger partial charge in [0.1, 0.15) is 26.4 Å². The van der Waals surface area contributed by atoms with E-state index in [2.05, 4.69) is 28.7 Å². The Morgan fingerprint density at radius 3 is 0.611 bits per heavy atom. The lowest BCUT2D eigenvalue weighted by Gasteiger charge is -2.37. The molecule has 0 fully saturated rings. The van der Waals surface area contributed by atoms with Crippen LogP contribution in [0.1, 0.15) is 0 Å². The van der Waals surface area contributed by atoms with Crippen molar-refractivity contribution in [3.8, 4) is 0 Å². The van der Waals surface area contributed by atoms with E-state index in [-0.39, 0.29) is 0 Å². The summed E-state index contributed by atoms with van der Waals surface area (Å²) in [5, 5.41) is 0. The van der Waals surface area contributed by atoms with Gasteiger partial charge in [-0.05, 0) is 0 Å². The summed E-state index contributed by atoms with van der Waals surface area (Å²) in [5.41, 5.74) is 0. The molecule has 0 aliphatic rings. The zero-order chi connectivity index (χ0) is 58.6. The van der Waals surface area contributed by atoms with E-state index in [1.807, 2.05) is 0 Å². The van der Waals surface area contributed by atoms with E-state index >= 15 is 0 Å². The second-order valence-corrected chi connectivity index (χ2v) is 12.4. The monoisotopic (exact) mass is 1180 g/mol. The van der Waals surface area contributed by atoms with E-state index in [0.29, 0.717) is 0 Å². The van der Waals surface area contributed by atoms with Gasteiger partial charge >= 0.3 is 121 Å². The topological polar surface area (TPSA) is 108 Å². The Kier molecular flexibility index (Phi) is 18.6. The van der Waals surface area contributed by atoms with Gasteiger partial charge < -0.3 is 18.9 Å². The highest BCUT2D eigenvalue weighted by Gasteiger charge is 2.81. The number of carbonyl (C=O) groups is 2. The Hall–Kier alpha value is -3.96. The quantitative estimate of drug-likeness (QED) is 0.0664. The van der Waals surface area contributed by atoms with Crippen molar-refractivity contribution in [1.29, 1.82) is 0 Å². The fraction of sp³-hybridized carbons (Fsp3) is 0.917. The van der Waals surface area contributed by atoms with E-state index in [0.717, 1.165) is 0 Å². The minimum absolute atomic E-state index is 1.54. The van der Waals surface area contributed by atoms with Crippen LogP contribution in [0.25, 0.3) is 0 Å². The van der Waals surface area contributed by atoms with Crippen molar-refractivity contribution in [2.75, 3.05) is 26.4 Å². The van der Waals surface area contributed by atoms with E-state index in [1.165, 1.54) is 0 Å². The van der Waals surface area contributed by atoms with Crippen LogP contribution >= 0.6 is 0 Å². The predicted molar refractivity (Wildman–Crippen MR) is 129 cm³/mol. The van der Waals surface area contributed by atoms with Crippen LogP contribution < -0.4 is 0 Å². The summed E-state index contributed by atoms with van der Waals surface area (Å²) in [6.07, 6.45) is -78.1. The molecule has 48 heteroatoms. The molecule has 6 atom stereocenters. The number of hydrogen-bond acceptors (Lipinski definition) is 10. The highest BCUT2D eigenvalue weighted by Crippen LogP contribution is 2.54. The summed E-state index contributed by atoms with van der Waals surface area (Å²) in [6.45, 7) is -18.3. The molecular weight excluding hydrogens is 1170 g/mol. The standard InChI is InChI=1S/C24H8F38O10/c25-7(15(35,36)37,65-3-9(27,17(41,42)43)71-23(59,60)13(31,32)21(53,54)55)1-67-11(29,19(47,48)49)5(63)69-70-6(64)12(30,20(50,51)52)68-2-8(26,16(38,39)40)66-4-10(28,18(44,45)46)72-24(61,62)14(33,34)22(56,57)58/h1-4H2. The van der Waals surface area contributed by atoms with Crippen LogP contribution in [0.3, 0.4) is 0 Å². The Labute approximate surface area is 363 Å². The van der Waals surface area contributed by atoms with E-state index in [1.54, 1.807) is 9.47 Å². The molecular formula is C24H8F38O10. The van der Waals surface area contributed by atoms with Gasteiger partial charge in [0.2, 0.25) is 0 Å². The van der Waals surface area contributed by atoms with Crippen molar-refractivity contribution < 1.29 is 215 Å². The van der Waals surface area contributed by atoms with Gasteiger partial charge in [0.15, 0.2) is 0 Å². The molecule has 0 radical (unpaired) electrons. The molecule has 0 saturated carbocycles. The molecule has 72 heavy (non-hydrogen) atoms. The lowest BCUT2D eigenvalue weighted by Crippen LogP contribution is -2.62. The summed E-state index contributed by atoms with van der Waals surface area (Å²) >= 11 is 0. The number of ether oxygens (including phenoxy) is 6. The number of hydrogen-bond donors (Lipinski definition) is 0. The van der Waals surface area contributed by atoms with Crippen LogP contribution in [0.5, 0.6) is 0 Å². The maximum atomic E-state index is 14.7. The lowest BCUT2D eigenvalue weighted by atomic mass is 10.2. The van der Waals surface area contributed by atoms with Crippen LogP contribution in [0.15, 0.2) is 0 Å². The van der Waals surface area contributed by atoms with Crippen molar-refractivity contribution in [2.24, 2.45) is 0 Å². The van der Waals surface area contributed by atoms with Gasteiger partial charge in [-0.3, -0.25) is 9.47 Å². The lowest BCUT2D eigenvalue weighted by molar-refractivity contribution is -0.493. The van der Waals surface area contributed by atoms with Gasteiger partial charge in [0.05, 0.1) is 0 Å². The van der Waals surface area contributed by atoms with E-state index in [4.69, 9.17) is 0 Å². The minimum atomic E-state index is -8.03. The van der Waals surface area contributed by atoms with Gasteiger partial charge in [-0.25, -0.2) is 19.4 Å². The first-order chi connectivity index (χ1) is 30.8. The van der Waals surface area contributed by atoms with Gasteiger partial charge in [0.25, 0.3) is 0 Å². The summed E-state index contributed by atoms with van der Waals surface area (Å²) in [5.74, 6) is -69.5. The Bertz CT molecular complexity index is 1730. The second kappa shape index (κ2) is 19.6. The van der Waals surface area contributed by atoms with Crippen LogP contribution in [-0.2, 0) is 47.8 Å². The molecule has 6 unspecified atom stereocenters. The molecule has 0 aliphatic heterocycles. The van der Waals surface area contributed by atoms with Crippen molar-refractivity contribution in [2.45, 2.75) is 109 Å². The number of rotatable bonds is 20. The zero-order valence-corrected chi connectivity index (χ0v) is 31.3. The first-order valence-corrected chi connectivity index (χ1v) is 15.4. The molecule has 0 aromatic heterocycles. The van der Waals surface area contributed by atoms with Gasteiger partial charge in [-0.15, -0.1) is 0 Å². The molecule has 430 valence electrons. The Balaban J connectivity index is 6.94. The molecule has 0 N–H and O–H groups in total. The average Bonchev–Trinajstić information content (AvgIpc) is 3.12. The first-order valence-electron chi connectivity index (χ1n) is 15.4. The molecule has 0 saturated heterocycles. The van der Waals surface area contributed by atoms with Crippen molar-refractivity contribution in [1.82, 2.24) is 0 Å². The third-order valence-corrected chi connectivity index (χ3v) is 7.05. The molecule has 0 heterocycles. The van der Waals surface area contributed by atoms with E-state index < -0.39 is 147 Å². The maximum absolute atomic E-state index is 14.7. The van der Waals surface area contributed by atoms with Gasteiger partial charge in [-0.1, -0.05) is 0 Å². The summed E-state index contributed by atoms with van der Waals surface area (Å²) in [6, 6.07) is 0. The summed E-state index contributed by atoms with van der Waals surface area (Å²) < 4.78 is 516. The van der Waals surface area contributed by atoms with Crippen LogP contribution in [-0.4, -0.2) is 147 Å². The maximum Gasteiger partial charge on any atom is 0.462 e. The number of carbonyl (C=O) groups excluding carboxylic acids is 2. The normalized spacial score (nSPS) is 20.0. The Morgan fingerprint density at radius 1 is 0.250 bits per heavy atom. The van der Waals surface area contributed by atoms with Gasteiger partial charge in [0, 0.05) is 0 Å². The molecule has 0 aromatic carbocycles. The van der Waals surface area contributed by atoms with Crippen LogP contribution in [0.4, 0.5) is 167 Å². The van der Waals surface area contributed by atoms with Gasteiger partial charge in [-0.2, -0.15) is 167 Å². The summed E-state index contributed by atoms with van der Waals surface area (Å²) in [4.78, 5) is 27.7. The fourth-order valence-electron chi connectivity index (χ4n) is 3.11. The molecule has 0 aromatic rings. The second-order valence-electron chi connectivity index (χ2n) is 12.4. The highest BCUT2D eigenvalue weighted by atomic mass is 19.5. The van der Waals surface area contributed by atoms with Crippen molar-refractivity contribution >= 4 is 11.9 Å². The zero-order valence-electron chi connectivity index (χ0n) is 31.3. The molecule has 0 spiro atoms. The van der Waals surface area contributed by atoms with E-state index in [9.17, 15) is 176 Å². The highest BCUT2D eigenvalue weighted by molar-refractivity contribution is 5.82. The average molecular weight is 1180 g/mol. The van der Waals surface area contributed by atoms with Crippen LogP contribution in [0, 0.1) is 0 Å². The minimum Gasteiger partial charge on any atom is -0.331 e. The molecule has 0 rings (SSSR count). The smallest absolute Gasteiger partial charge is 0.331 e. The summed E-state index contributed by atoms with van der Waals surface area (Å²) in [7, 11) is 0. The number of halogens is 38. The van der Waals surface area contributed by atoms with Crippen LogP contribution in [0.2, 0.25) is 0 Å². The number of alkyl halides is 38.